The Kier molecular flexibility index (Phi) is 7.25. The van der Waals surface area contributed by atoms with Crippen LogP contribution in [-0.4, -0.2) is 24.6 Å². The van der Waals surface area contributed by atoms with Crippen LogP contribution in [0.3, 0.4) is 0 Å². The van der Waals surface area contributed by atoms with Crippen molar-refractivity contribution in [1.29, 1.82) is 5.26 Å². The zero-order chi connectivity index (χ0) is 14.9. The molecule has 0 spiro atoms. The number of hydrogen-bond donors (Lipinski definition) is 0. The van der Waals surface area contributed by atoms with E-state index in [4.69, 9.17) is 0 Å². The summed E-state index contributed by atoms with van der Waals surface area (Å²) in [5.41, 5.74) is 0. The summed E-state index contributed by atoms with van der Waals surface area (Å²) in [7, 11) is 0. The zero-order valence-corrected chi connectivity index (χ0v) is 14.9. The van der Waals surface area contributed by atoms with Crippen LogP contribution in [-0.2, 0) is 0 Å². The van der Waals surface area contributed by atoms with E-state index < -0.39 is 6.60 Å². The van der Waals surface area contributed by atoms with Crippen LogP contribution in [0.25, 0.3) is 0 Å². The predicted molar refractivity (Wildman–Crippen MR) is 94.0 cm³/mol. The molecule has 116 valence electrons. The first-order valence-electron chi connectivity index (χ1n) is 8.76. The molecule has 1 heterocycles. The third-order valence-corrected chi connectivity index (χ3v) is 13.4. The van der Waals surface area contributed by atoms with Crippen LogP contribution < -0.4 is 0 Å². The molecule has 0 amide bonds. The van der Waals surface area contributed by atoms with Crippen LogP contribution in [0.2, 0.25) is 0 Å². The number of rotatable bonds is 9. The van der Waals surface area contributed by atoms with Gasteiger partial charge in [0.25, 0.3) is 0 Å². The van der Waals surface area contributed by atoms with Crippen molar-refractivity contribution in [3.05, 3.63) is 11.4 Å². The molecular formula is C18H34NP. The van der Waals surface area contributed by atoms with Gasteiger partial charge >= 0.3 is 126 Å². The number of nitriles is 1. The van der Waals surface area contributed by atoms with Gasteiger partial charge in [-0.2, -0.15) is 0 Å². The minimum absolute atomic E-state index is 1.22. The van der Waals surface area contributed by atoms with Crippen molar-refractivity contribution in [3.8, 4) is 6.07 Å². The number of hydrogen-bond acceptors (Lipinski definition) is 1. The molecule has 20 heavy (non-hydrogen) atoms. The van der Waals surface area contributed by atoms with E-state index in [1.165, 1.54) is 76.0 Å². The minimum atomic E-state index is -1.75. The summed E-state index contributed by atoms with van der Waals surface area (Å²) < 4.78 is 0. The maximum atomic E-state index is 9.24. The Labute approximate surface area is 126 Å². The van der Waals surface area contributed by atoms with E-state index in [2.05, 4.69) is 26.8 Å². The average molecular weight is 295 g/mol. The van der Waals surface area contributed by atoms with E-state index in [9.17, 15) is 5.26 Å². The van der Waals surface area contributed by atoms with Gasteiger partial charge in [0.2, 0.25) is 0 Å². The number of unbranched alkanes of at least 4 members (excludes halogenated alkanes) is 3. The first-order chi connectivity index (χ1) is 9.67. The SMILES string of the molecule is CCCCP1(CCCC)(CCCC)CCC/C1=C\C#N. The predicted octanol–water partition coefficient (Wildman–Crippen LogP) is 6.14. The van der Waals surface area contributed by atoms with Gasteiger partial charge in [0, 0.05) is 0 Å². The second-order valence-electron chi connectivity index (χ2n) is 6.80. The summed E-state index contributed by atoms with van der Waals surface area (Å²) in [6, 6.07) is 2.39. The first kappa shape index (κ1) is 17.7. The van der Waals surface area contributed by atoms with E-state index in [0.717, 1.165) is 0 Å². The molecule has 1 aliphatic heterocycles. The second kappa shape index (κ2) is 8.19. The summed E-state index contributed by atoms with van der Waals surface area (Å²) in [5, 5.41) is 10.9. The average Bonchev–Trinajstić information content (AvgIpc) is 2.82. The van der Waals surface area contributed by atoms with Crippen molar-refractivity contribution >= 4 is 6.60 Å². The molecule has 0 aromatic rings. The van der Waals surface area contributed by atoms with Crippen LogP contribution >= 0.6 is 6.60 Å². The molecular weight excluding hydrogens is 261 g/mol. The monoisotopic (exact) mass is 295 g/mol. The molecule has 0 aliphatic carbocycles. The molecule has 0 aromatic heterocycles. The van der Waals surface area contributed by atoms with Crippen molar-refractivity contribution in [3.63, 3.8) is 0 Å². The van der Waals surface area contributed by atoms with Crippen LogP contribution in [0.1, 0.15) is 72.1 Å². The van der Waals surface area contributed by atoms with Crippen LogP contribution in [0.4, 0.5) is 0 Å². The van der Waals surface area contributed by atoms with Crippen molar-refractivity contribution in [2.45, 2.75) is 72.1 Å². The van der Waals surface area contributed by atoms with Gasteiger partial charge in [-0.3, -0.25) is 0 Å². The van der Waals surface area contributed by atoms with Crippen LogP contribution in [0, 0.1) is 11.3 Å². The molecule has 1 fully saturated rings. The van der Waals surface area contributed by atoms with Crippen LogP contribution in [0.5, 0.6) is 0 Å². The van der Waals surface area contributed by atoms with Gasteiger partial charge in [0.05, 0.1) is 0 Å². The Hall–Kier alpha value is -0.340. The second-order valence-corrected chi connectivity index (χ2v) is 13.1. The van der Waals surface area contributed by atoms with E-state index >= 15 is 0 Å². The Balaban J connectivity index is 3.17. The standard InChI is InChI=1S/C18H34NP/c1-4-7-14-20(15-8-5-2,16-9-6-3)17-10-11-18(20)12-13-19/h12H,4-11,14-17H2,1-3H3/b18-12+. The van der Waals surface area contributed by atoms with Gasteiger partial charge in [0.15, 0.2) is 0 Å². The fourth-order valence-corrected chi connectivity index (χ4v) is 12.4. The third kappa shape index (κ3) is 3.65. The molecule has 0 N–H and O–H groups in total. The summed E-state index contributed by atoms with van der Waals surface area (Å²) >= 11 is 0. The number of allylic oxidation sites excluding steroid dienone is 2. The fraction of sp³-hybridized carbons (Fsp3) is 0.833. The summed E-state index contributed by atoms with van der Waals surface area (Å²) in [6.45, 7) is 5.20. The van der Waals surface area contributed by atoms with E-state index in [1.807, 2.05) is 6.08 Å². The molecule has 0 bridgehead atoms. The van der Waals surface area contributed by atoms with Crippen molar-refractivity contribution in [1.82, 2.24) is 0 Å². The van der Waals surface area contributed by atoms with E-state index in [0.29, 0.717) is 0 Å². The van der Waals surface area contributed by atoms with Gasteiger partial charge in [-0.1, -0.05) is 0 Å². The van der Waals surface area contributed by atoms with Gasteiger partial charge in [-0.05, 0) is 0 Å². The normalized spacial score (nSPS) is 24.1. The Morgan fingerprint density at radius 2 is 1.50 bits per heavy atom. The molecule has 0 unspecified atom stereocenters. The summed E-state index contributed by atoms with van der Waals surface area (Å²) in [4.78, 5) is 0. The molecule has 1 rings (SSSR count). The quantitative estimate of drug-likeness (QED) is 0.370. The van der Waals surface area contributed by atoms with Crippen molar-refractivity contribution < 1.29 is 0 Å². The molecule has 1 saturated heterocycles. The van der Waals surface area contributed by atoms with Gasteiger partial charge < -0.3 is 0 Å². The zero-order valence-electron chi connectivity index (χ0n) is 14.0. The molecule has 0 atom stereocenters. The van der Waals surface area contributed by atoms with Gasteiger partial charge in [0.1, 0.15) is 0 Å². The molecule has 1 nitrogen and oxygen atoms in total. The topological polar surface area (TPSA) is 23.8 Å². The molecule has 0 saturated carbocycles. The summed E-state index contributed by atoms with van der Waals surface area (Å²) in [5.74, 6) is 0. The fourth-order valence-electron chi connectivity index (χ4n) is 4.28. The van der Waals surface area contributed by atoms with E-state index in [-0.39, 0.29) is 0 Å². The van der Waals surface area contributed by atoms with Gasteiger partial charge in [-0.25, -0.2) is 0 Å². The molecule has 1 aliphatic rings. The van der Waals surface area contributed by atoms with Crippen molar-refractivity contribution in [2.75, 3.05) is 24.6 Å². The Morgan fingerprint density at radius 3 is 1.90 bits per heavy atom. The molecule has 0 aromatic carbocycles. The molecule has 0 radical (unpaired) electrons. The first-order valence-corrected chi connectivity index (χ1v) is 11.7. The maximum absolute atomic E-state index is 9.24. The Morgan fingerprint density at radius 1 is 1.00 bits per heavy atom. The van der Waals surface area contributed by atoms with Gasteiger partial charge in [-0.15, -0.1) is 0 Å². The van der Waals surface area contributed by atoms with E-state index in [1.54, 1.807) is 5.31 Å². The number of nitrogens with zero attached hydrogens (tertiary/aromatic N) is 1. The Bertz CT molecular complexity index is 340. The van der Waals surface area contributed by atoms with Crippen LogP contribution in [0.15, 0.2) is 11.4 Å². The molecule has 2 heteroatoms. The summed E-state index contributed by atoms with van der Waals surface area (Å²) in [6.07, 6.45) is 18.3. The third-order valence-electron chi connectivity index (χ3n) is 5.51. The van der Waals surface area contributed by atoms with Crippen molar-refractivity contribution in [2.24, 2.45) is 0 Å².